The molecule has 2 nitrogen and oxygen atoms in total. The fourth-order valence-electron chi connectivity index (χ4n) is 2.60. The van der Waals surface area contributed by atoms with Crippen molar-refractivity contribution in [2.45, 2.75) is 51.0 Å². The Balaban J connectivity index is 2.02. The summed E-state index contributed by atoms with van der Waals surface area (Å²) in [4.78, 5) is 0. The van der Waals surface area contributed by atoms with Gasteiger partial charge in [0.25, 0.3) is 0 Å². The lowest BCUT2D eigenvalue weighted by Gasteiger charge is -2.24. The first-order valence-corrected chi connectivity index (χ1v) is 7.07. The Bertz CT molecular complexity index is 315. The molecule has 0 aromatic carbocycles. The summed E-state index contributed by atoms with van der Waals surface area (Å²) in [5.41, 5.74) is 6.31. The lowest BCUT2D eigenvalue weighted by Crippen LogP contribution is -2.22. The molecule has 1 saturated carbocycles. The second kappa shape index (κ2) is 5.87. The van der Waals surface area contributed by atoms with E-state index in [9.17, 15) is 0 Å². The number of halogens is 1. The maximum atomic E-state index is 6.31. The molecule has 0 bridgehead atoms. The van der Waals surface area contributed by atoms with E-state index in [-0.39, 0.29) is 6.04 Å². The molecule has 16 heavy (non-hydrogen) atoms. The SMILES string of the molecule is NC(c1occc1Br)C1CCCCCCC1. The molecule has 1 unspecified atom stereocenters. The van der Waals surface area contributed by atoms with Crippen molar-refractivity contribution in [1.29, 1.82) is 0 Å². The summed E-state index contributed by atoms with van der Waals surface area (Å²) in [5, 5.41) is 0. The van der Waals surface area contributed by atoms with E-state index < -0.39 is 0 Å². The van der Waals surface area contributed by atoms with Gasteiger partial charge in [-0.25, -0.2) is 0 Å². The van der Waals surface area contributed by atoms with Gasteiger partial charge in [-0.15, -0.1) is 0 Å². The Morgan fingerprint density at radius 1 is 1.19 bits per heavy atom. The first kappa shape index (κ1) is 12.2. The molecule has 3 heteroatoms. The third-order valence-corrected chi connectivity index (χ3v) is 4.26. The van der Waals surface area contributed by atoms with E-state index in [2.05, 4.69) is 15.9 Å². The van der Waals surface area contributed by atoms with E-state index in [4.69, 9.17) is 10.2 Å². The van der Waals surface area contributed by atoms with Crippen LogP contribution in [-0.4, -0.2) is 0 Å². The zero-order valence-corrected chi connectivity index (χ0v) is 11.2. The second-order valence-electron chi connectivity index (χ2n) is 4.76. The van der Waals surface area contributed by atoms with Gasteiger partial charge in [-0.2, -0.15) is 0 Å². The third kappa shape index (κ3) is 2.89. The van der Waals surface area contributed by atoms with Gasteiger partial charge in [0, 0.05) is 0 Å². The minimum absolute atomic E-state index is 0.0578. The Labute approximate surface area is 106 Å². The third-order valence-electron chi connectivity index (χ3n) is 3.61. The van der Waals surface area contributed by atoms with E-state index in [1.165, 1.54) is 44.9 Å². The molecule has 0 radical (unpaired) electrons. The molecule has 1 heterocycles. The van der Waals surface area contributed by atoms with Gasteiger partial charge in [-0.1, -0.05) is 32.1 Å². The molecule has 2 rings (SSSR count). The molecular weight excluding hydrogens is 266 g/mol. The summed E-state index contributed by atoms with van der Waals surface area (Å²) in [6.45, 7) is 0. The summed E-state index contributed by atoms with van der Waals surface area (Å²) in [7, 11) is 0. The van der Waals surface area contributed by atoms with Crippen molar-refractivity contribution < 1.29 is 4.42 Å². The predicted octanol–water partition coefficient (Wildman–Crippen LogP) is 4.40. The van der Waals surface area contributed by atoms with E-state index in [0.29, 0.717) is 5.92 Å². The zero-order chi connectivity index (χ0) is 11.4. The maximum Gasteiger partial charge on any atom is 0.134 e. The first-order valence-electron chi connectivity index (χ1n) is 6.27. The van der Waals surface area contributed by atoms with Crippen LogP contribution in [0.3, 0.4) is 0 Å². The van der Waals surface area contributed by atoms with Gasteiger partial charge in [-0.05, 0) is 40.8 Å². The maximum absolute atomic E-state index is 6.31. The van der Waals surface area contributed by atoms with Gasteiger partial charge in [0.2, 0.25) is 0 Å². The van der Waals surface area contributed by atoms with Crippen LogP contribution in [0.5, 0.6) is 0 Å². The molecule has 1 atom stereocenters. The van der Waals surface area contributed by atoms with Gasteiger partial charge >= 0.3 is 0 Å². The molecule has 0 amide bonds. The van der Waals surface area contributed by atoms with E-state index in [0.717, 1.165) is 10.2 Å². The fraction of sp³-hybridized carbons (Fsp3) is 0.692. The monoisotopic (exact) mass is 285 g/mol. The minimum Gasteiger partial charge on any atom is -0.466 e. The van der Waals surface area contributed by atoms with Crippen LogP contribution < -0.4 is 5.73 Å². The Kier molecular flexibility index (Phi) is 4.47. The molecule has 1 aliphatic rings. The number of rotatable bonds is 2. The van der Waals surface area contributed by atoms with Gasteiger partial charge in [0.1, 0.15) is 5.76 Å². The first-order chi connectivity index (χ1) is 7.79. The number of hydrogen-bond acceptors (Lipinski definition) is 2. The molecule has 90 valence electrons. The average molecular weight is 286 g/mol. The highest BCUT2D eigenvalue weighted by atomic mass is 79.9. The Hall–Kier alpha value is -0.280. The molecule has 1 aromatic heterocycles. The minimum atomic E-state index is 0.0578. The van der Waals surface area contributed by atoms with Crippen LogP contribution in [0, 0.1) is 5.92 Å². The van der Waals surface area contributed by atoms with Crippen molar-refractivity contribution in [3.05, 3.63) is 22.6 Å². The molecule has 0 saturated heterocycles. The smallest absolute Gasteiger partial charge is 0.134 e. The molecule has 0 spiro atoms. The summed E-state index contributed by atoms with van der Waals surface area (Å²) in [6, 6.07) is 1.99. The standard InChI is InChI=1S/C13H20BrNO/c14-11-8-9-16-13(11)12(15)10-6-4-2-1-3-5-7-10/h8-10,12H,1-7,15H2. The lowest BCUT2D eigenvalue weighted by molar-refractivity contribution is 0.296. The largest absolute Gasteiger partial charge is 0.466 e. The van der Waals surface area contributed by atoms with Crippen LogP contribution in [0.15, 0.2) is 21.2 Å². The normalized spacial score (nSPS) is 21.4. The fourth-order valence-corrected chi connectivity index (χ4v) is 3.07. The van der Waals surface area contributed by atoms with Crippen LogP contribution >= 0.6 is 15.9 Å². The Morgan fingerprint density at radius 2 is 1.81 bits per heavy atom. The van der Waals surface area contributed by atoms with Crippen LogP contribution in [0.4, 0.5) is 0 Å². The quantitative estimate of drug-likeness (QED) is 0.875. The van der Waals surface area contributed by atoms with E-state index in [1.54, 1.807) is 6.26 Å². The zero-order valence-electron chi connectivity index (χ0n) is 9.62. The van der Waals surface area contributed by atoms with Gasteiger partial charge < -0.3 is 10.2 Å². The van der Waals surface area contributed by atoms with Gasteiger partial charge in [0.15, 0.2) is 0 Å². The predicted molar refractivity (Wildman–Crippen MR) is 69.1 cm³/mol. The molecule has 1 aromatic rings. The van der Waals surface area contributed by atoms with Crippen LogP contribution in [0.25, 0.3) is 0 Å². The van der Waals surface area contributed by atoms with Crippen molar-refractivity contribution in [2.24, 2.45) is 11.7 Å². The molecule has 0 aliphatic heterocycles. The van der Waals surface area contributed by atoms with Crippen molar-refractivity contribution in [2.75, 3.05) is 0 Å². The molecule has 1 fully saturated rings. The van der Waals surface area contributed by atoms with Crippen LogP contribution in [0.1, 0.15) is 56.7 Å². The molecular formula is C13H20BrNO. The highest BCUT2D eigenvalue weighted by molar-refractivity contribution is 9.10. The molecule has 1 aliphatic carbocycles. The van der Waals surface area contributed by atoms with Crippen molar-refractivity contribution in [3.8, 4) is 0 Å². The summed E-state index contributed by atoms with van der Waals surface area (Å²) in [6.07, 6.45) is 11.0. The topological polar surface area (TPSA) is 39.2 Å². The van der Waals surface area contributed by atoms with Crippen LogP contribution in [0.2, 0.25) is 0 Å². The number of nitrogens with two attached hydrogens (primary N) is 1. The van der Waals surface area contributed by atoms with Crippen LogP contribution in [-0.2, 0) is 0 Å². The molecule has 2 N–H and O–H groups in total. The van der Waals surface area contributed by atoms with E-state index >= 15 is 0 Å². The Morgan fingerprint density at radius 3 is 2.38 bits per heavy atom. The van der Waals surface area contributed by atoms with E-state index in [1.807, 2.05) is 6.07 Å². The number of hydrogen-bond donors (Lipinski definition) is 1. The average Bonchev–Trinajstić information content (AvgIpc) is 2.63. The summed E-state index contributed by atoms with van der Waals surface area (Å²) >= 11 is 3.49. The van der Waals surface area contributed by atoms with Crippen molar-refractivity contribution in [1.82, 2.24) is 0 Å². The van der Waals surface area contributed by atoms with Crippen molar-refractivity contribution in [3.63, 3.8) is 0 Å². The second-order valence-corrected chi connectivity index (χ2v) is 5.62. The van der Waals surface area contributed by atoms with Gasteiger partial charge in [-0.3, -0.25) is 0 Å². The summed E-state index contributed by atoms with van der Waals surface area (Å²) in [5.74, 6) is 1.51. The van der Waals surface area contributed by atoms with Gasteiger partial charge in [0.05, 0.1) is 16.8 Å². The van der Waals surface area contributed by atoms with Crippen molar-refractivity contribution >= 4 is 15.9 Å². The highest BCUT2D eigenvalue weighted by Gasteiger charge is 2.24. The summed E-state index contributed by atoms with van der Waals surface area (Å²) < 4.78 is 6.50. The lowest BCUT2D eigenvalue weighted by atomic mass is 9.85. The number of furan rings is 1. The highest BCUT2D eigenvalue weighted by Crippen LogP contribution is 2.34.